The summed E-state index contributed by atoms with van der Waals surface area (Å²) in [7, 11) is -2.12. The average molecular weight is 401 g/mol. The molecule has 0 aliphatic rings. The van der Waals surface area contributed by atoms with Crippen LogP contribution in [-0.2, 0) is 9.09 Å². The number of hydrogen-bond acceptors (Lipinski definition) is 4. The highest BCUT2D eigenvalue weighted by Crippen LogP contribution is 2.48. The molecule has 1 atom stereocenters. The SMILES string of the molecule is COP(=O)(Nc1cc(-c2ccccc2)sc1C(=O)O)c1ccc(C)cc1C. The van der Waals surface area contributed by atoms with Gasteiger partial charge < -0.3 is 14.7 Å². The van der Waals surface area contributed by atoms with Gasteiger partial charge in [0, 0.05) is 12.0 Å². The maximum Gasteiger partial charge on any atom is 0.348 e. The third-order valence-corrected chi connectivity index (χ3v) is 7.54. The number of carboxylic acids is 1. The molecule has 27 heavy (non-hydrogen) atoms. The van der Waals surface area contributed by atoms with Crippen LogP contribution in [0, 0.1) is 13.8 Å². The summed E-state index contributed by atoms with van der Waals surface area (Å²) in [4.78, 5) is 12.6. The quantitative estimate of drug-likeness (QED) is 0.548. The van der Waals surface area contributed by atoms with Gasteiger partial charge in [0.2, 0.25) is 0 Å². The molecular formula is C20H20NO4PS. The molecule has 0 amide bonds. The van der Waals surface area contributed by atoms with Gasteiger partial charge in [-0.15, -0.1) is 11.3 Å². The van der Waals surface area contributed by atoms with Crippen molar-refractivity contribution in [2.75, 3.05) is 12.2 Å². The largest absolute Gasteiger partial charge is 0.477 e. The van der Waals surface area contributed by atoms with Gasteiger partial charge in [0.05, 0.1) is 11.0 Å². The van der Waals surface area contributed by atoms with Crippen molar-refractivity contribution in [2.24, 2.45) is 0 Å². The van der Waals surface area contributed by atoms with E-state index < -0.39 is 13.5 Å². The fourth-order valence-electron chi connectivity index (χ4n) is 2.88. The Morgan fingerprint density at radius 2 is 1.81 bits per heavy atom. The number of aryl methyl sites for hydroxylation is 2. The molecule has 0 fully saturated rings. The molecule has 3 rings (SSSR count). The summed E-state index contributed by atoms with van der Waals surface area (Å²) in [5.74, 6) is -1.08. The summed E-state index contributed by atoms with van der Waals surface area (Å²) in [6, 6.07) is 16.7. The molecule has 1 unspecified atom stereocenters. The minimum atomic E-state index is -3.48. The van der Waals surface area contributed by atoms with Crippen molar-refractivity contribution in [2.45, 2.75) is 13.8 Å². The third-order valence-electron chi connectivity index (χ3n) is 4.18. The molecule has 0 bridgehead atoms. The van der Waals surface area contributed by atoms with Crippen LogP contribution >= 0.6 is 18.9 Å². The molecule has 140 valence electrons. The molecular weight excluding hydrogens is 381 g/mol. The Morgan fingerprint density at radius 3 is 2.41 bits per heavy atom. The molecule has 1 aromatic heterocycles. The van der Waals surface area contributed by atoms with E-state index in [2.05, 4.69) is 5.09 Å². The van der Waals surface area contributed by atoms with Gasteiger partial charge in [-0.3, -0.25) is 4.57 Å². The van der Waals surface area contributed by atoms with Crippen LogP contribution in [0.1, 0.15) is 20.8 Å². The van der Waals surface area contributed by atoms with Crippen LogP contribution in [-0.4, -0.2) is 18.2 Å². The lowest BCUT2D eigenvalue weighted by molar-refractivity contribution is 0.0703. The van der Waals surface area contributed by atoms with Crippen molar-refractivity contribution >= 4 is 35.8 Å². The number of thiophene rings is 1. The number of anilines is 1. The smallest absolute Gasteiger partial charge is 0.348 e. The topological polar surface area (TPSA) is 75.6 Å². The second-order valence-corrected chi connectivity index (χ2v) is 9.39. The maximum absolute atomic E-state index is 13.5. The average Bonchev–Trinajstić information content (AvgIpc) is 3.06. The first-order chi connectivity index (χ1) is 12.8. The fraction of sp³-hybridized carbons (Fsp3) is 0.150. The Bertz CT molecular complexity index is 1030. The summed E-state index contributed by atoms with van der Waals surface area (Å²) in [6.07, 6.45) is 0. The lowest BCUT2D eigenvalue weighted by Crippen LogP contribution is -2.17. The van der Waals surface area contributed by atoms with E-state index in [0.717, 1.165) is 32.9 Å². The predicted octanol–water partition coefficient (Wildman–Crippen LogP) is 5.31. The van der Waals surface area contributed by atoms with E-state index in [-0.39, 0.29) is 10.6 Å². The highest BCUT2D eigenvalue weighted by molar-refractivity contribution is 7.68. The van der Waals surface area contributed by atoms with Crippen LogP contribution in [0.25, 0.3) is 10.4 Å². The molecule has 0 saturated carbocycles. The number of hydrogen-bond donors (Lipinski definition) is 2. The van der Waals surface area contributed by atoms with Crippen molar-refractivity contribution in [1.29, 1.82) is 0 Å². The van der Waals surface area contributed by atoms with Crippen LogP contribution in [0.5, 0.6) is 0 Å². The van der Waals surface area contributed by atoms with E-state index in [1.54, 1.807) is 12.1 Å². The number of carbonyl (C=O) groups is 1. The van der Waals surface area contributed by atoms with E-state index in [4.69, 9.17) is 4.52 Å². The van der Waals surface area contributed by atoms with Crippen molar-refractivity contribution in [3.8, 4) is 10.4 Å². The van der Waals surface area contributed by atoms with Gasteiger partial charge in [0.25, 0.3) is 0 Å². The zero-order chi connectivity index (χ0) is 19.6. The Morgan fingerprint density at radius 1 is 1.11 bits per heavy atom. The van der Waals surface area contributed by atoms with E-state index in [1.807, 2.05) is 56.3 Å². The highest BCUT2D eigenvalue weighted by Gasteiger charge is 2.29. The monoisotopic (exact) mass is 401 g/mol. The molecule has 0 spiro atoms. The first-order valence-corrected chi connectivity index (χ1v) is 10.7. The Labute approximate surface area is 162 Å². The molecule has 0 aliphatic carbocycles. The molecule has 0 saturated heterocycles. The van der Waals surface area contributed by atoms with Crippen molar-refractivity contribution in [1.82, 2.24) is 0 Å². The summed E-state index contributed by atoms with van der Waals surface area (Å²) in [5.41, 5.74) is 3.06. The molecule has 0 aliphatic heterocycles. The normalized spacial score (nSPS) is 13.1. The zero-order valence-electron chi connectivity index (χ0n) is 15.2. The van der Waals surface area contributed by atoms with E-state index in [0.29, 0.717) is 5.30 Å². The number of rotatable bonds is 6. The van der Waals surface area contributed by atoms with Crippen LogP contribution in [0.3, 0.4) is 0 Å². The highest BCUT2D eigenvalue weighted by atomic mass is 32.1. The molecule has 2 N–H and O–H groups in total. The lowest BCUT2D eigenvalue weighted by Gasteiger charge is -2.20. The van der Waals surface area contributed by atoms with Crippen LogP contribution in [0.2, 0.25) is 0 Å². The minimum Gasteiger partial charge on any atom is -0.477 e. The first-order valence-electron chi connectivity index (χ1n) is 8.28. The Balaban J connectivity index is 2.06. The van der Waals surface area contributed by atoms with Gasteiger partial charge in [-0.25, -0.2) is 4.79 Å². The van der Waals surface area contributed by atoms with Crippen LogP contribution < -0.4 is 10.4 Å². The molecule has 0 radical (unpaired) electrons. The summed E-state index contributed by atoms with van der Waals surface area (Å²) in [5, 5.41) is 13.0. The minimum absolute atomic E-state index is 0.0934. The predicted molar refractivity (Wildman–Crippen MR) is 111 cm³/mol. The van der Waals surface area contributed by atoms with E-state index >= 15 is 0 Å². The van der Waals surface area contributed by atoms with Gasteiger partial charge in [0.15, 0.2) is 0 Å². The Hall–Kier alpha value is -2.40. The van der Waals surface area contributed by atoms with Crippen molar-refractivity contribution in [3.05, 3.63) is 70.6 Å². The number of nitrogens with one attached hydrogen (secondary N) is 1. The number of aromatic carboxylic acids is 1. The van der Waals surface area contributed by atoms with Crippen LogP contribution in [0.4, 0.5) is 5.69 Å². The van der Waals surface area contributed by atoms with E-state index in [1.165, 1.54) is 7.11 Å². The molecule has 7 heteroatoms. The third kappa shape index (κ3) is 3.98. The van der Waals surface area contributed by atoms with Crippen molar-refractivity contribution in [3.63, 3.8) is 0 Å². The number of carboxylic acid groups (broad SMARTS) is 1. The van der Waals surface area contributed by atoms with Crippen LogP contribution in [0.15, 0.2) is 54.6 Å². The maximum atomic E-state index is 13.5. The second-order valence-electron chi connectivity index (χ2n) is 6.16. The van der Waals surface area contributed by atoms with Gasteiger partial charge >= 0.3 is 13.5 Å². The number of benzene rings is 2. The standard InChI is InChI=1S/C20H20NO4PS/c1-13-9-10-17(14(2)11-13)26(24,25-3)21-16-12-18(27-19(16)20(22)23)15-7-5-4-6-8-15/h4-12H,1-3H3,(H,21,24)(H,22,23). The van der Waals surface area contributed by atoms with Gasteiger partial charge in [0.1, 0.15) is 4.88 Å². The first kappa shape index (κ1) is 19.4. The lowest BCUT2D eigenvalue weighted by atomic mass is 10.2. The summed E-state index contributed by atoms with van der Waals surface area (Å²) >= 11 is 1.14. The summed E-state index contributed by atoms with van der Waals surface area (Å²) < 4.78 is 18.8. The molecule has 1 heterocycles. The molecule has 3 aromatic rings. The van der Waals surface area contributed by atoms with Gasteiger partial charge in [-0.1, -0.05) is 48.0 Å². The Kier molecular flexibility index (Phi) is 5.51. The van der Waals surface area contributed by atoms with E-state index in [9.17, 15) is 14.5 Å². The summed E-state index contributed by atoms with van der Waals surface area (Å²) in [6.45, 7) is 3.81. The van der Waals surface area contributed by atoms with Gasteiger partial charge in [-0.2, -0.15) is 0 Å². The zero-order valence-corrected chi connectivity index (χ0v) is 16.9. The van der Waals surface area contributed by atoms with Crippen molar-refractivity contribution < 1.29 is 19.0 Å². The second kappa shape index (κ2) is 7.69. The fourth-order valence-corrected chi connectivity index (χ4v) is 5.61. The van der Waals surface area contributed by atoms with Gasteiger partial charge in [-0.05, 0) is 37.1 Å². The molecule has 2 aromatic carbocycles. The molecule has 5 nitrogen and oxygen atoms in total.